The standard InChI is InChI=1S/C12H9O3/c13-9-5-1-3-7-11(9)15-12-8-4-2-6-10(12)14/h1-5,7-8H,6H2. The molecule has 3 nitrogen and oxygen atoms in total. The number of ketones is 1. The van der Waals surface area contributed by atoms with E-state index in [0.717, 1.165) is 0 Å². The van der Waals surface area contributed by atoms with Gasteiger partial charge in [-0.1, -0.05) is 24.3 Å². The minimum atomic E-state index is -0.222. The lowest BCUT2D eigenvalue weighted by Crippen LogP contribution is -2.09. The fourth-order valence-electron chi connectivity index (χ4n) is 1.27. The number of ether oxygens (including phenoxy) is 1. The van der Waals surface area contributed by atoms with E-state index in [1.807, 2.05) is 0 Å². The molecule has 0 atom stereocenters. The number of allylic oxidation sites excluding steroid dienone is 4. The number of hydrogen-bond acceptors (Lipinski definition) is 2. The molecule has 1 aromatic rings. The molecule has 0 amide bonds. The molecule has 3 heteroatoms. The highest BCUT2D eigenvalue weighted by Gasteiger charge is 2.14. The first-order valence-electron chi connectivity index (χ1n) is 4.61. The molecule has 0 aromatic heterocycles. The van der Waals surface area contributed by atoms with Gasteiger partial charge in [0.1, 0.15) is 0 Å². The molecule has 0 bridgehead atoms. The highest BCUT2D eigenvalue weighted by molar-refractivity contribution is 5.96. The number of carbonyl (C=O) groups is 1. The molecule has 0 N–H and O–H groups in total. The van der Waals surface area contributed by atoms with Crippen LogP contribution in [-0.2, 0) is 9.90 Å². The number of carbonyl (C=O) groups excluding carboxylic acids is 1. The van der Waals surface area contributed by atoms with Gasteiger partial charge in [0.2, 0.25) is 11.5 Å². The maximum atomic E-state index is 11.4. The second kappa shape index (κ2) is 4.00. The Morgan fingerprint density at radius 2 is 2.00 bits per heavy atom. The van der Waals surface area contributed by atoms with Crippen molar-refractivity contribution in [2.24, 2.45) is 0 Å². The molecular formula is C12H9O3. The Labute approximate surface area is 87.3 Å². The second-order valence-corrected chi connectivity index (χ2v) is 3.14. The summed E-state index contributed by atoms with van der Waals surface area (Å²) >= 11 is 0. The summed E-state index contributed by atoms with van der Waals surface area (Å²) in [6.45, 7) is 0. The molecule has 15 heavy (non-hydrogen) atoms. The largest absolute Gasteiger partial charge is 0.450 e. The Hall–Kier alpha value is -2.03. The topological polar surface area (TPSA) is 46.2 Å². The van der Waals surface area contributed by atoms with E-state index in [2.05, 4.69) is 0 Å². The SMILES string of the molecule is [O]c1ccccc1OC1=CC=CCC1=O. The van der Waals surface area contributed by atoms with Crippen molar-refractivity contribution in [3.8, 4) is 11.5 Å². The van der Waals surface area contributed by atoms with Crippen molar-refractivity contribution in [1.82, 2.24) is 0 Å². The van der Waals surface area contributed by atoms with E-state index in [1.165, 1.54) is 6.07 Å². The van der Waals surface area contributed by atoms with Gasteiger partial charge in [-0.05, 0) is 18.2 Å². The third-order valence-electron chi connectivity index (χ3n) is 2.03. The molecule has 0 saturated carbocycles. The molecule has 0 saturated heterocycles. The van der Waals surface area contributed by atoms with Gasteiger partial charge in [0.05, 0.1) is 0 Å². The summed E-state index contributed by atoms with van der Waals surface area (Å²) in [4.78, 5) is 11.4. The van der Waals surface area contributed by atoms with Crippen LogP contribution in [0.5, 0.6) is 11.5 Å². The molecular weight excluding hydrogens is 192 g/mol. The zero-order chi connectivity index (χ0) is 10.7. The average Bonchev–Trinajstić information content (AvgIpc) is 2.24. The minimum absolute atomic E-state index is 0.110. The first-order valence-corrected chi connectivity index (χ1v) is 4.61. The Balaban J connectivity index is 2.22. The Kier molecular flexibility index (Phi) is 2.54. The van der Waals surface area contributed by atoms with Crippen molar-refractivity contribution in [3.05, 3.63) is 48.3 Å². The number of para-hydroxylation sites is 2. The summed E-state index contributed by atoms with van der Waals surface area (Å²) < 4.78 is 5.25. The first-order chi connectivity index (χ1) is 7.27. The maximum absolute atomic E-state index is 11.4. The Morgan fingerprint density at radius 3 is 2.73 bits per heavy atom. The number of Topliss-reactive ketones (excluding diaryl/α,β-unsaturated/α-hetero) is 1. The fraction of sp³-hybridized carbons (Fsp3) is 0.0833. The quantitative estimate of drug-likeness (QED) is 0.738. The van der Waals surface area contributed by atoms with E-state index >= 15 is 0 Å². The van der Waals surface area contributed by atoms with Crippen molar-refractivity contribution >= 4 is 5.78 Å². The monoisotopic (exact) mass is 201 g/mol. The van der Waals surface area contributed by atoms with Gasteiger partial charge in [-0.25, -0.2) is 0 Å². The van der Waals surface area contributed by atoms with Crippen LogP contribution in [0.2, 0.25) is 0 Å². The number of hydrogen-bond donors (Lipinski definition) is 0. The maximum Gasteiger partial charge on any atom is 0.221 e. The summed E-state index contributed by atoms with van der Waals surface area (Å²) in [6.07, 6.45) is 5.38. The Morgan fingerprint density at radius 1 is 1.20 bits per heavy atom. The van der Waals surface area contributed by atoms with Gasteiger partial charge in [-0.3, -0.25) is 9.90 Å². The molecule has 0 unspecified atom stereocenters. The van der Waals surface area contributed by atoms with Crippen LogP contribution in [0.4, 0.5) is 0 Å². The van der Waals surface area contributed by atoms with E-state index in [9.17, 15) is 9.90 Å². The normalized spacial score (nSPS) is 14.9. The molecule has 1 aliphatic rings. The van der Waals surface area contributed by atoms with Gasteiger partial charge in [0.15, 0.2) is 11.5 Å². The summed E-state index contributed by atoms with van der Waals surface area (Å²) in [6, 6.07) is 6.28. The molecule has 1 radical (unpaired) electrons. The summed E-state index contributed by atoms with van der Waals surface area (Å²) in [5.41, 5.74) is 0. The van der Waals surface area contributed by atoms with Gasteiger partial charge in [-0.2, -0.15) is 0 Å². The third-order valence-corrected chi connectivity index (χ3v) is 2.03. The van der Waals surface area contributed by atoms with Crippen LogP contribution >= 0.6 is 0 Å². The fourth-order valence-corrected chi connectivity index (χ4v) is 1.27. The van der Waals surface area contributed by atoms with Crippen molar-refractivity contribution in [1.29, 1.82) is 0 Å². The van der Waals surface area contributed by atoms with E-state index in [4.69, 9.17) is 4.74 Å². The van der Waals surface area contributed by atoms with Crippen LogP contribution in [0, 0.1) is 0 Å². The van der Waals surface area contributed by atoms with Crippen molar-refractivity contribution in [3.63, 3.8) is 0 Å². The summed E-state index contributed by atoms with van der Waals surface area (Å²) in [5.74, 6) is 0.0784. The second-order valence-electron chi connectivity index (χ2n) is 3.14. The van der Waals surface area contributed by atoms with E-state index in [0.29, 0.717) is 6.42 Å². The molecule has 75 valence electrons. The van der Waals surface area contributed by atoms with E-state index in [1.54, 1.807) is 36.4 Å². The molecule has 1 aromatic carbocycles. The molecule has 0 heterocycles. The van der Waals surface area contributed by atoms with Crippen LogP contribution in [0.15, 0.2) is 48.3 Å². The highest BCUT2D eigenvalue weighted by Crippen LogP contribution is 2.27. The van der Waals surface area contributed by atoms with Crippen molar-refractivity contribution in [2.45, 2.75) is 6.42 Å². The molecule has 0 spiro atoms. The number of benzene rings is 1. The zero-order valence-electron chi connectivity index (χ0n) is 7.97. The van der Waals surface area contributed by atoms with Gasteiger partial charge >= 0.3 is 0 Å². The van der Waals surface area contributed by atoms with Gasteiger partial charge in [-0.15, -0.1) is 0 Å². The van der Waals surface area contributed by atoms with E-state index < -0.39 is 0 Å². The smallest absolute Gasteiger partial charge is 0.221 e. The number of rotatable bonds is 2. The van der Waals surface area contributed by atoms with Crippen LogP contribution in [0.3, 0.4) is 0 Å². The van der Waals surface area contributed by atoms with Gasteiger partial charge < -0.3 is 4.74 Å². The highest BCUT2D eigenvalue weighted by atomic mass is 16.5. The molecule has 2 rings (SSSR count). The van der Waals surface area contributed by atoms with Crippen LogP contribution in [0.1, 0.15) is 6.42 Å². The van der Waals surface area contributed by atoms with E-state index in [-0.39, 0.29) is 23.0 Å². The summed E-state index contributed by atoms with van der Waals surface area (Å²) in [7, 11) is 0. The molecule has 0 aliphatic heterocycles. The lowest BCUT2D eigenvalue weighted by molar-refractivity contribution is -0.116. The molecule has 1 aliphatic carbocycles. The average molecular weight is 201 g/mol. The summed E-state index contributed by atoms with van der Waals surface area (Å²) in [5, 5.41) is 11.3. The first kappa shape index (κ1) is 9.52. The lowest BCUT2D eigenvalue weighted by atomic mass is 10.1. The van der Waals surface area contributed by atoms with Crippen molar-refractivity contribution < 1.29 is 14.6 Å². The zero-order valence-corrected chi connectivity index (χ0v) is 7.97. The minimum Gasteiger partial charge on any atom is -0.450 e. The predicted octanol–water partition coefficient (Wildman–Crippen LogP) is 2.62. The third kappa shape index (κ3) is 2.07. The molecule has 0 fully saturated rings. The van der Waals surface area contributed by atoms with Crippen LogP contribution < -0.4 is 4.74 Å². The van der Waals surface area contributed by atoms with Crippen LogP contribution in [0.25, 0.3) is 0 Å². The van der Waals surface area contributed by atoms with Gasteiger partial charge in [0.25, 0.3) is 0 Å². The van der Waals surface area contributed by atoms with Crippen molar-refractivity contribution in [2.75, 3.05) is 0 Å². The van der Waals surface area contributed by atoms with Crippen LogP contribution in [-0.4, -0.2) is 5.78 Å². The predicted molar refractivity (Wildman–Crippen MR) is 54.0 cm³/mol. The lowest BCUT2D eigenvalue weighted by Gasteiger charge is -2.09. The van der Waals surface area contributed by atoms with Gasteiger partial charge in [0, 0.05) is 6.42 Å². The Bertz CT molecular complexity index is 444.